The molecular formula is C16H36N8Na4O8. The number of carboxylic acid groups (broad SMARTS) is 4. The van der Waals surface area contributed by atoms with Gasteiger partial charge in [0, 0.05) is 78.5 Å². The van der Waals surface area contributed by atoms with E-state index in [9.17, 15) is 39.6 Å². The molecule has 0 atom stereocenters. The van der Waals surface area contributed by atoms with Crippen LogP contribution in [0.2, 0.25) is 0 Å². The van der Waals surface area contributed by atoms with Crippen LogP contribution in [0, 0.1) is 0 Å². The second kappa shape index (κ2) is 46.4. The van der Waals surface area contributed by atoms with Gasteiger partial charge in [0.15, 0.2) is 0 Å². The van der Waals surface area contributed by atoms with Crippen molar-refractivity contribution in [1.29, 1.82) is 0 Å². The Balaban J connectivity index is -0.0000000685. The third-order valence-corrected chi connectivity index (χ3v) is 2.64. The van der Waals surface area contributed by atoms with Crippen LogP contribution in [-0.2, 0) is 19.2 Å². The molecule has 20 heteroatoms. The average molecular weight is 560 g/mol. The first-order chi connectivity index (χ1) is 14.9. The first kappa shape index (κ1) is 57.5. The molecule has 0 radical (unpaired) electrons. The Morgan fingerprint density at radius 1 is 0.417 bits per heavy atom. The Bertz CT molecular complexity index is 420. The van der Waals surface area contributed by atoms with Gasteiger partial charge in [0.2, 0.25) is 0 Å². The monoisotopic (exact) mass is 560 g/mol. The summed E-state index contributed by atoms with van der Waals surface area (Å²) >= 11 is 0. The first-order valence-electron chi connectivity index (χ1n) is 9.39. The van der Waals surface area contributed by atoms with Crippen LogP contribution in [0.1, 0.15) is 0 Å². The quantitative estimate of drug-likeness (QED) is 0.107. The largest absolute Gasteiger partial charge is 1.00 e. The van der Waals surface area contributed by atoms with E-state index in [1.807, 2.05) is 0 Å². The van der Waals surface area contributed by atoms with Crippen LogP contribution in [-0.4, -0.2) is 112 Å². The number of carboxylic acids is 4. The molecule has 12 N–H and O–H groups in total. The Kier molecular flexibility index (Phi) is 74.1. The molecule has 0 saturated heterocycles. The van der Waals surface area contributed by atoms with Gasteiger partial charge < -0.3 is 74.0 Å². The van der Waals surface area contributed by atoms with Crippen molar-refractivity contribution in [2.45, 2.75) is 0 Å². The van der Waals surface area contributed by atoms with Crippen LogP contribution in [0.3, 0.4) is 0 Å². The summed E-state index contributed by atoms with van der Waals surface area (Å²) in [6.07, 6.45) is 0. The van der Waals surface area contributed by atoms with Crippen molar-refractivity contribution in [2.24, 2.45) is 34.4 Å². The number of hydrogen-bond acceptors (Lipinski definition) is 16. The maximum atomic E-state index is 10.4. The van der Waals surface area contributed by atoms with E-state index < -0.39 is 50.1 Å². The second-order valence-corrected chi connectivity index (χ2v) is 5.64. The predicted octanol–water partition coefficient (Wildman–Crippen LogP) is -22.7. The molecule has 16 nitrogen and oxygen atoms in total. The molecule has 0 aromatic carbocycles. The van der Waals surface area contributed by atoms with Crippen molar-refractivity contribution in [2.75, 3.05) is 78.5 Å². The van der Waals surface area contributed by atoms with E-state index in [1.165, 1.54) is 0 Å². The summed E-state index contributed by atoms with van der Waals surface area (Å²) < 4.78 is 0. The zero-order chi connectivity index (χ0) is 25.9. The van der Waals surface area contributed by atoms with Crippen LogP contribution >= 0.6 is 0 Å². The van der Waals surface area contributed by atoms with Crippen molar-refractivity contribution in [1.82, 2.24) is 9.80 Å². The molecule has 0 unspecified atom stereocenters. The fourth-order valence-corrected chi connectivity index (χ4v) is 1.44. The minimum absolute atomic E-state index is 0. The van der Waals surface area contributed by atoms with Crippen molar-refractivity contribution in [3.05, 3.63) is 0 Å². The molecule has 0 amide bonds. The van der Waals surface area contributed by atoms with Crippen molar-refractivity contribution >= 4 is 23.9 Å². The molecule has 0 rings (SSSR count). The zero-order valence-corrected chi connectivity index (χ0v) is 30.1. The smallest absolute Gasteiger partial charge is 0.549 e. The summed E-state index contributed by atoms with van der Waals surface area (Å²) in [5, 5.41) is 41.6. The van der Waals surface area contributed by atoms with E-state index in [4.69, 9.17) is 34.4 Å². The van der Waals surface area contributed by atoms with Crippen molar-refractivity contribution in [3.8, 4) is 0 Å². The second-order valence-electron chi connectivity index (χ2n) is 5.64. The molecule has 0 fully saturated rings. The topological polar surface area (TPSA) is 323 Å². The molecule has 0 spiro atoms. The minimum atomic E-state index is -1.53. The van der Waals surface area contributed by atoms with Gasteiger partial charge in [-0.15, -0.1) is 0 Å². The van der Waals surface area contributed by atoms with Crippen LogP contribution in [0.15, 0.2) is 0 Å². The Morgan fingerprint density at radius 3 is 0.639 bits per heavy atom. The molecule has 0 aliphatic carbocycles. The fraction of sp³-hybridized carbons (Fsp3) is 0.750. The Hall–Kier alpha value is 1.56. The summed E-state index contributed by atoms with van der Waals surface area (Å²) in [4.78, 5) is 43.4. The number of carbonyl (C=O) groups is 4. The summed E-state index contributed by atoms with van der Waals surface area (Å²) in [6, 6.07) is 0. The van der Waals surface area contributed by atoms with Gasteiger partial charge in [0.1, 0.15) is 0 Å². The van der Waals surface area contributed by atoms with Crippen molar-refractivity contribution in [3.63, 3.8) is 0 Å². The molecule has 0 aromatic heterocycles. The molecule has 36 heavy (non-hydrogen) atoms. The van der Waals surface area contributed by atoms with Gasteiger partial charge in [0.25, 0.3) is 0 Å². The van der Waals surface area contributed by atoms with Gasteiger partial charge in [-0.25, -0.2) is 0 Å². The van der Waals surface area contributed by atoms with Crippen LogP contribution < -0.4 is 173 Å². The van der Waals surface area contributed by atoms with Crippen LogP contribution in [0.25, 0.3) is 0 Å². The Morgan fingerprint density at radius 2 is 0.556 bits per heavy atom. The normalized spacial score (nSPS) is 8.44. The summed E-state index contributed by atoms with van der Waals surface area (Å²) in [5.41, 5.74) is 29.4. The zero-order valence-electron chi connectivity index (χ0n) is 22.1. The van der Waals surface area contributed by atoms with Crippen LogP contribution in [0.4, 0.5) is 0 Å². The number of nitrogens with two attached hydrogens (primary N) is 6. The predicted molar refractivity (Wildman–Crippen MR) is 107 cm³/mol. The number of rotatable bonds is 14. The molecule has 0 aliphatic rings. The number of nitrogens with zero attached hydrogens (tertiary/aromatic N) is 2. The molecule has 0 bridgehead atoms. The van der Waals surface area contributed by atoms with E-state index in [-0.39, 0.29) is 131 Å². The van der Waals surface area contributed by atoms with Gasteiger partial charge in [-0.05, 0) is 0 Å². The van der Waals surface area contributed by atoms with E-state index >= 15 is 0 Å². The van der Waals surface area contributed by atoms with Crippen molar-refractivity contribution < 1.29 is 158 Å². The molecular weight excluding hydrogens is 524 g/mol. The van der Waals surface area contributed by atoms with Gasteiger partial charge in [-0.3, -0.25) is 9.80 Å². The third-order valence-electron chi connectivity index (χ3n) is 2.64. The van der Waals surface area contributed by atoms with Crippen LogP contribution in [0.5, 0.6) is 0 Å². The third kappa shape index (κ3) is 65.0. The van der Waals surface area contributed by atoms with E-state index in [0.29, 0.717) is 39.3 Å². The van der Waals surface area contributed by atoms with E-state index in [1.54, 1.807) is 0 Å². The average Bonchev–Trinajstić information content (AvgIpc) is 2.70. The van der Waals surface area contributed by atoms with Gasteiger partial charge in [-0.1, -0.05) is 0 Å². The number of aliphatic carboxylic acids is 4. The molecule has 0 saturated carbocycles. The first-order valence-corrected chi connectivity index (χ1v) is 9.39. The number of carbonyl (C=O) groups excluding carboxylic acids is 4. The standard InChI is InChI=1S/C10H16N2O8.3C2H8N2.4Na/c13-7(14)3-11(4-8(15)16)1-2-12(5-9(17)18)6-10(19)20;3*3-1-2-4;;;;/h1-6H2,(H,13,14)(H,15,16)(H,17,18)(H,19,20);3*1-4H2;;;;/q;;;;4*+1/p-4. The van der Waals surface area contributed by atoms with E-state index in [0.717, 1.165) is 9.80 Å². The number of hydrogen-bond donors (Lipinski definition) is 6. The molecule has 0 aromatic rings. The maximum Gasteiger partial charge on any atom is 1.00 e. The Labute approximate surface area is 300 Å². The molecule has 0 aliphatic heterocycles. The summed E-state index contributed by atoms with van der Waals surface area (Å²) in [5.74, 6) is -6.12. The minimum Gasteiger partial charge on any atom is -0.549 e. The molecule has 0 heterocycles. The van der Waals surface area contributed by atoms with Gasteiger partial charge in [0.05, 0.1) is 23.9 Å². The van der Waals surface area contributed by atoms with Gasteiger partial charge >= 0.3 is 118 Å². The molecule has 192 valence electrons. The van der Waals surface area contributed by atoms with Gasteiger partial charge in [-0.2, -0.15) is 0 Å². The summed E-state index contributed by atoms with van der Waals surface area (Å²) in [6.45, 7) is 0.332. The maximum absolute atomic E-state index is 10.4. The summed E-state index contributed by atoms with van der Waals surface area (Å²) in [7, 11) is 0. The van der Waals surface area contributed by atoms with E-state index in [2.05, 4.69) is 0 Å². The SMILES string of the molecule is NCCN.NCCN.NCCN.O=C([O-])CN(CCN(CC(=O)[O-])CC(=O)[O-])CC(=O)[O-].[Na+].[Na+].[Na+].[Na+]. The fourth-order valence-electron chi connectivity index (χ4n) is 1.44.